The van der Waals surface area contributed by atoms with Crippen LogP contribution in [0.4, 0.5) is 0 Å². The summed E-state index contributed by atoms with van der Waals surface area (Å²) in [6.07, 6.45) is -4.67. The van der Waals surface area contributed by atoms with Crippen molar-refractivity contribution < 1.29 is 30.6 Å². The third-order valence-electron chi connectivity index (χ3n) is 2.63. The predicted octanol–water partition coefficient (Wildman–Crippen LogP) is -2.17. The lowest BCUT2D eigenvalue weighted by molar-refractivity contribution is -0.104. The number of rotatable bonds is 8. The molecular weight excluding hydrogens is 216 g/mol. The largest absolute Gasteiger partial charge is 0.396 e. The van der Waals surface area contributed by atoms with Crippen LogP contribution in [-0.4, -0.2) is 68.3 Å². The molecule has 0 aromatic heterocycles. The van der Waals surface area contributed by atoms with Gasteiger partial charge in [0.1, 0.15) is 0 Å². The topological polar surface area (TPSA) is 121 Å². The highest BCUT2D eigenvalue weighted by atomic mass is 16.3. The summed E-state index contributed by atoms with van der Waals surface area (Å²) >= 11 is 0. The van der Waals surface area contributed by atoms with Crippen molar-refractivity contribution in [3.05, 3.63) is 0 Å². The van der Waals surface area contributed by atoms with Crippen LogP contribution in [0.1, 0.15) is 19.8 Å². The van der Waals surface area contributed by atoms with Crippen molar-refractivity contribution in [2.24, 2.45) is 5.92 Å². The Kier molecular flexibility index (Phi) is 7.82. The molecule has 0 aliphatic carbocycles. The third-order valence-corrected chi connectivity index (χ3v) is 2.63. The molecule has 16 heavy (non-hydrogen) atoms. The lowest BCUT2D eigenvalue weighted by Gasteiger charge is -2.32. The van der Waals surface area contributed by atoms with Gasteiger partial charge in [-0.1, -0.05) is 0 Å². The van der Waals surface area contributed by atoms with Crippen LogP contribution >= 0.6 is 0 Å². The van der Waals surface area contributed by atoms with Gasteiger partial charge in [-0.3, -0.25) is 0 Å². The molecule has 6 heteroatoms. The van der Waals surface area contributed by atoms with E-state index in [-0.39, 0.29) is 26.1 Å². The van der Waals surface area contributed by atoms with Crippen molar-refractivity contribution in [1.29, 1.82) is 0 Å². The van der Waals surface area contributed by atoms with Gasteiger partial charge >= 0.3 is 0 Å². The highest BCUT2D eigenvalue weighted by Crippen LogP contribution is 2.21. The number of hydrogen-bond acceptors (Lipinski definition) is 6. The minimum Gasteiger partial charge on any atom is -0.396 e. The molecule has 0 fully saturated rings. The maximum atomic E-state index is 9.65. The molecule has 0 saturated heterocycles. The van der Waals surface area contributed by atoms with E-state index in [4.69, 9.17) is 10.2 Å². The first kappa shape index (κ1) is 15.8. The Labute approximate surface area is 94.8 Å². The van der Waals surface area contributed by atoms with E-state index in [9.17, 15) is 20.4 Å². The van der Waals surface area contributed by atoms with Crippen LogP contribution in [0.25, 0.3) is 0 Å². The summed E-state index contributed by atoms with van der Waals surface area (Å²) < 4.78 is 0. The number of aliphatic hydroxyl groups excluding tert-OH is 6. The van der Waals surface area contributed by atoms with Gasteiger partial charge in [-0.2, -0.15) is 0 Å². The highest BCUT2D eigenvalue weighted by Gasteiger charge is 2.35. The van der Waals surface area contributed by atoms with E-state index < -0.39 is 30.3 Å². The fraction of sp³-hybridized carbons (Fsp3) is 1.00. The normalized spacial score (nSPS) is 21.2. The van der Waals surface area contributed by atoms with Crippen molar-refractivity contribution >= 4 is 0 Å². The zero-order valence-electron chi connectivity index (χ0n) is 9.40. The Bertz CT molecular complexity index is 163. The molecule has 0 amide bonds. The van der Waals surface area contributed by atoms with Crippen molar-refractivity contribution in [1.82, 2.24) is 0 Å². The highest BCUT2D eigenvalue weighted by molar-refractivity contribution is 4.84. The van der Waals surface area contributed by atoms with Gasteiger partial charge in [0, 0.05) is 19.1 Å². The summed E-state index contributed by atoms with van der Waals surface area (Å²) in [5.41, 5.74) is 0. The summed E-state index contributed by atoms with van der Waals surface area (Å²) in [4.78, 5) is 0. The van der Waals surface area contributed by atoms with E-state index in [1.54, 1.807) is 0 Å². The summed E-state index contributed by atoms with van der Waals surface area (Å²) in [5.74, 6) is -0.987. The van der Waals surface area contributed by atoms with Gasteiger partial charge in [-0.15, -0.1) is 0 Å². The molecule has 6 nitrogen and oxygen atoms in total. The van der Waals surface area contributed by atoms with Crippen LogP contribution in [0.5, 0.6) is 0 Å². The van der Waals surface area contributed by atoms with Gasteiger partial charge in [0.05, 0.1) is 24.4 Å². The smallest absolute Gasteiger partial charge is 0.0873 e. The lowest BCUT2D eigenvalue weighted by Crippen LogP contribution is -2.46. The maximum absolute atomic E-state index is 9.65. The Morgan fingerprint density at radius 2 is 1.19 bits per heavy atom. The third kappa shape index (κ3) is 4.73. The summed E-state index contributed by atoms with van der Waals surface area (Å²) in [6, 6.07) is 0. The predicted molar refractivity (Wildman–Crippen MR) is 56.6 cm³/mol. The first-order chi connectivity index (χ1) is 7.45. The van der Waals surface area contributed by atoms with Crippen LogP contribution in [0, 0.1) is 5.92 Å². The molecule has 0 radical (unpaired) electrons. The van der Waals surface area contributed by atoms with Crippen LogP contribution in [0.2, 0.25) is 0 Å². The minimum atomic E-state index is -1.30. The first-order valence-electron chi connectivity index (χ1n) is 5.39. The van der Waals surface area contributed by atoms with Crippen LogP contribution in [0.15, 0.2) is 0 Å². The quantitative estimate of drug-likeness (QED) is 0.286. The van der Waals surface area contributed by atoms with Crippen LogP contribution < -0.4 is 0 Å². The lowest BCUT2D eigenvalue weighted by atomic mass is 9.85. The Balaban J connectivity index is 4.60. The molecule has 0 aromatic rings. The van der Waals surface area contributed by atoms with E-state index >= 15 is 0 Å². The van der Waals surface area contributed by atoms with Gasteiger partial charge < -0.3 is 30.6 Å². The average Bonchev–Trinajstić information content (AvgIpc) is 2.18. The van der Waals surface area contributed by atoms with E-state index in [2.05, 4.69) is 0 Å². The molecule has 6 N–H and O–H groups in total. The molecule has 0 saturated carbocycles. The monoisotopic (exact) mass is 238 g/mol. The van der Waals surface area contributed by atoms with Crippen molar-refractivity contribution in [3.63, 3.8) is 0 Å². The first-order valence-corrected chi connectivity index (χ1v) is 5.39. The SMILES string of the molecule is CC(O)C(O)C(C(O)CCO)C(O)CCO. The van der Waals surface area contributed by atoms with Crippen molar-refractivity contribution in [3.8, 4) is 0 Å². The molecule has 0 bridgehead atoms. The fourth-order valence-corrected chi connectivity index (χ4v) is 1.68. The molecule has 98 valence electrons. The Morgan fingerprint density at radius 1 is 0.812 bits per heavy atom. The van der Waals surface area contributed by atoms with Gasteiger partial charge in [0.25, 0.3) is 0 Å². The fourth-order valence-electron chi connectivity index (χ4n) is 1.68. The summed E-state index contributed by atoms with van der Waals surface area (Å²) in [5, 5.41) is 55.5. The molecule has 4 unspecified atom stereocenters. The molecule has 0 heterocycles. The summed E-state index contributed by atoms with van der Waals surface area (Å²) in [6.45, 7) is 0.779. The van der Waals surface area contributed by atoms with Crippen LogP contribution in [-0.2, 0) is 0 Å². The Morgan fingerprint density at radius 3 is 1.44 bits per heavy atom. The second-order valence-corrected chi connectivity index (χ2v) is 3.97. The Hall–Kier alpha value is -0.240. The zero-order chi connectivity index (χ0) is 12.7. The molecular formula is C10H22O6. The average molecular weight is 238 g/mol. The zero-order valence-corrected chi connectivity index (χ0v) is 9.40. The second-order valence-electron chi connectivity index (χ2n) is 3.97. The summed E-state index contributed by atoms with van der Waals surface area (Å²) in [7, 11) is 0. The van der Waals surface area contributed by atoms with Gasteiger partial charge in [0.2, 0.25) is 0 Å². The van der Waals surface area contributed by atoms with E-state index in [1.165, 1.54) is 6.92 Å². The van der Waals surface area contributed by atoms with E-state index in [0.717, 1.165) is 0 Å². The standard InChI is InChI=1S/C10H22O6/c1-6(13)10(16)9(7(14)2-4-11)8(15)3-5-12/h6-16H,2-5H2,1H3. The second kappa shape index (κ2) is 7.94. The number of aliphatic hydroxyl groups is 6. The van der Waals surface area contributed by atoms with Crippen molar-refractivity contribution in [2.45, 2.75) is 44.2 Å². The maximum Gasteiger partial charge on any atom is 0.0873 e. The van der Waals surface area contributed by atoms with E-state index in [1.807, 2.05) is 0 Å². The molecule has 0 aliphatic heterocycles. The van der Waals surface area contributed by atoms with Crippen LogP contribution in [0.3, 0.4) is 0 Å². The molecule has 0 rings (SSSR count). The van der Waals surface area contributed by atoms with Gasteiger partial charge in [-0.25, -0.2) is 0 Å². The molecule has 0 aliphatic rings. The molecule has 0 spiro atoms. The molecule has 4 atom stereocenters. The number of hydrogen-bond donors (Lipinski definition) is 6. The van der Waals surface area contributed by atoms with Gasteiger partial charge in [-0.05, 0) is 19.8 Å². The minimum absolute atomic E-state index is 0.00304. The van der Waals surface area contributed by atoms with Gasteiger partial charge in [0.15, 0.2) is 0 Å². The van der Waals surface area contributed by atoms with E-state index in [0.29, 0.717) is 0 Å². The molecule has 0 aromatic carbocycles. The van der Waals surface area contributed by atoms with Crippen molar-refractivity contribution in [2.75, 3.05) is 13.2 Å².